The van der Waals surface area contributed by atoms with Crippen LogP contribution in [0.5, 0.6) is 0 Å². The van der Waals surface area contributed by atoms with E-state index in [2.05, 4.69) is 63.3 Å². The van der Waals surface area contributed by atoms with Crippen LogP contribution in [0.15, 0.2) is 139 Å². The third kappa shape index (κ3) is 42.0. The van der Waals surface area contributed by atoms with Crippen LogP contribution < -0.4 is 75.1 Å². The molecule has 7 aromatic heterocycles. The van der Waals surface area contributed by atoms with Crippen molar-refractivity contribution in [2.24, 2.45) is 5.10 Å². The van der Waals surface area contributed by atoms with Gasteiger partial charge < -0.3 is 91.9 Å². The van der Waals surface area contributed by atoms with Crippen LogP contribution in [0, 0.1) is 26.1 Å². The Kier molecular flexibility index (Phi) is 42.9. The average molecular weight is 2050 g/mol. The van der Waals surface area contributed by atoms with Gasteiger partial charge in [-0.25, -0.2) is 48.5 Å². The number of aryl methyl sites for hydroxylation is 1. The first kappa shape index (κ1) is 87.9. The number of halogens is 3. The normalized spacial score (nSPS) is 13.7. The minimum absolute atomic E-state index is 0. The number of aromatic nitrogens is 2. The number of ketones is 1. The van der Waals surface area contributed by atoms with Gasteiger partial charge >= 0.3 is 123 Å². The van der Waals surface area contributed by atoms with Gasteiger partial charge in [-0.05, 0) is 197 Å². The Labute approximate surface area is 842 Å². The Hall–Kier alpha value is -8.16. The van der Waals surface area contributed by atoms with Crippen molar-refractivity contribution in [1.29, 1.82) is 5.26 Å². The van der Waals surface area contributed by atoms with Gasteiger partial charge in [0.25, 0.3) is 5.91 Å². The van der Waals surface area contributed by atoms with E-state index in [9.17, 15) is 57.8 Å². The van der Waals surface area contributed by atoms with Crippen molar-refractivity contribution in [3.8, 4) is 22.5 Å². The Bertz CT molecular complexity index is 5980. The Morgan fingerprint density at radius 3 is 1.58 bits per heavy atom. The Balaban J connectivity index is -0.00000170. The molecule has 10 rings (SSSR count). The van der Waals surface area contributed by atoms with Crippen LogP contribution in [0.2, 0.25) is 10.0 Å². The minimum atomic E-state index is -3.34. The van der Waals surface area contributed by atoms with Crippen LogP contribution in [0.4, 0.5) is 9.59 Å². The third-order valence-corrected chi connectivity index (χ3v) is 20.8. The van der Waals surface area contributed by atoms with E-state index in [4.69, 9.17) is 88.4 Å². The number of aldehydes is 1. The molecule has 3 aromatic carbocycles. The van der Waals surface area contributed by atoms with Crippen molar-refractivity contribution < 1.29 is 198 Å². The second-order valence-corrected chi connectivity index (χ2v) is 32.3. The predicted molar refractivity (Wildman–Crippen MR) is 469 cm³/mol. The summed E-state index contributed by atoms with van der Waals surface area (Å²) in [5, 5.41) is 38.3. The number of hydrogen-bond donors (Lipinski definition) is 6. The SMILES string of the molecule is COC(=O)c1ccc(C=O)s1.[2H]C([2H])(NC(=O)c1ccc(C(C)n2nc(-c3cc(Cl)cc(Cl)c3)cc2-c2ccc3cc(C)ccc3c2)s1)C([2H])([2H])C(=O)O.[2H]C([2H])([2H])/C(=N\NC(=O)OC(C)(C)C)c1ccc(C(=O)OC)s1.[2H]C([2H])([2H])C(=O)c1ccc(C(=O)OC)s1.[2H]C([2H])([2H])C(NNC(=O)OC(C)(C)C)c1ccc(C(=O)OC)s1.[2H]C([2H])([2H])C(O)c1ccc(C(=O)OC)s1.[2H][C-]([2H])[2H].[B].[C-]#N.[I-].[Mg+2].[Na+].[O]=[Mn]=[O]. The molecule has 0 bridgehead atoms. The van der Waals surface area contributed by atoms with Crippen molar-refractivity contribution in [3.63, 3.8) is 0 Å². The molecular formula is C81H90BCl2IMgMnN8NaO22S6. The van der Waals surface area contributed by atoms with E-state index in [0.717, 1.165) is 101 Å². The number of thiophene rings is 6. The second kappa shape index (κ2) is 60.5. The number of aliphatic carboxylic acids is 1. The zero-order valence-electron chi connectivity index (χ0n) is 87.1. The van der Waals surface area contributed by atoms with Crippen molar-refractivity contribution in [2.45, 2.75) is 119 Å². The maximum absolute atomic E-state index is 12.8. The van der Waals surface area contributed by atoms with Gasteiger partial charge in [0.15, 0.2) is 12.1 Å². The number of aliphatic hydroxyl groups is 1. The predicted octanol–water partition coefficient (Wildman–Crippen LogP) is 11.5. The number of methoxy groups -OCH3 is 5. The molecule has 0 saturated carbocycles. The van der Waals surface area contributed by atoms with Crippen molar-refractivity contribution in [3.05, 3.63) is 222 Å². The number of ether oxygens (including phenoxy) is 7. The van der Waals surface area contributed by atoms with Crippen molar-refractivity contribution in [2.75, 3.05) is 42.0 Å². The number of hydrazone groups is 1. The Morgan fingerprint density at radius 2 is 1.08 bits per heavy atom. The average Bonchev–Trinajstić information content (AvgIpc) is 1.65. The molecule has 0 aliphatic rings. The summed E-state index contributed by atoms with van der Waals surface area (Å²) in [6.07, 6.45) is -5.85. The Morgan fingerprint density at radius 1 is 0.629 bits per heavy atom. The first-order chi connectivity index (χ1) is 64.2. The molecule has 0 spiro atoms. The molecule has 656 valence electrons. The van der Waals surface area contributed by atoms with E-state index in [0.29, 0.717) is 41.5 Å². The second-order valence-electron chi connectivity index (χ2n) is 24.6. The van der Waals surface area contributed by atoms with Crippen LogP contribution >= 0.6 is 91.2 Å². The summed E-state index contributed by atoms with van der Waals surface area (Å²) in [6.45, 7) is 5.47. The van der Waals surface area contributed by atoms with E-state index < -0.39 is 145 Å². The first-order valence-electron chi connectivity index (χ1n) is 42.7. The number of esters is 5. The molecule has 3 unspecified atom stereocenters. The number of carboxylic acid groups (broad SMARTS) is 1. The summed E-state index contributed by atoms with van der Waals surface area (Å²) in [5.41, 5.74) is 9.15. The van der Waals surface area contributed by atoms with E-state index >= 15 is 0 Å². The number of fused-ring (bicyclic) bond motifs is 1. The molecule has 0 aliphatic heterocycles. The molecule has 10 aromatic rings. The molecule has 6 N–H and O–H groups in total. The number of carbonyl (C=O) groups excluding carboxylic acids is 10. The zero-order valence-corrected chi connectivity index (χ0v) is 81.3. The summed E-state index contributed by atoms with van der Waals surface area (Å²) in [7, 11) is 5.40. The van der Waals surface area contributed by atoms with Crippen molar-refractivity contribution >= 4 is 205 Å². The molecule has 3 atom stereocenters. The van der Waals surface area contributed by atoms with Gasteiger partial charge in [0.2, 0.25) is 0 Å². The van der Waals surface area contributed by atoms with Crippen molar-refractivity contribution in [1.82, 2.24) is 31.4 Å². The van der Waals surface area contributed by atoms with Gasteiger partial charge in [0.1, 0.15) is 35.6 Å². The summed E-state index contributed by atoms with van der Waals surface area (Å²) < 4.78 is 186. The van der Waals surface area contributed by atoms with Crippen LogP contribution in [0.3, 0.4) is 0 Å². The number of Topliss-reactive ketones (excluding diaryl/α,β-unsaturated/α-hetero) is 1. The number of aliphatic hydroxyl groups excluding tert-OH is 1. The standard InChI is InChI=1S/C30H25Cl2N3O3S.C13H20N2O4S.C13H18N2O4S.C8H10O3S.C8H8O3S.C7H6O3S.CN.CH3.B.HI.Mg.Mn.Na.2O/c1-17-3-4-20-12-21(6-5-19(20)11-17)26-16-25(22-13-23(31)15-24(32)14-22)34-35(26)18(2)27-7-8-28(39-27)30(38)33-10-9-29(36)37;2*1-8(14-15-12(17)19-13(2,3)4)9-6-7-10(20-9)11(16)18-5;2*1-5(9)6-3-4-7(12-6)8(10)11-2;1-10-7(9)6-3-2-5(4-8)11-6;1-2;;;;;;;;/h3-8,11-16,18H,9-10H2,1-2H3,(H,33,38)(H,36,37);6-8,14H,1-5H3,(H,15,17);6-7H,1-5H3,(H,15,17);3-5,9H,1-2H3;3-4H,1-2H3;2-4H,1H3;;1H3;;1H;;;;;/q;;;;;;2*-1;;;+2;;+1;;/p-1/b;;14-8+;;;;;;;;;;;;/i9D2,10D2;4*1D3;;;1D3;;;;;;;. The number of nitrogens with zero attached hydrogens (tertiary/aromatic N) is 4. The van der Waals surface area contributed by atoms with E-state index in [1.807, 2.05) is 48.1 Å². The molecule has 30 nitrogen and oxygen atoms in total. The molecular weight excluding hydrogens is 1940 g/mol. The van der Waals surface area contributed by atoms with Gasteiger partial charge in [-0.1, -0.05) is 59.1 Å². The third-order valence-electron chi connectivity index (χ3n) is 13.7. The number of benzene rings is 3. The number of hydrogen-bond acceptors (Lipinski definition) is 31. The van der Waals surface area contributed by atoms with Crippen LogP contribution in [-0.4, -0.2) is 176 Å². The molecule has 124 heavy (non-hydrogen) atoms. The maximum atomic E-state index is 12.8. The van der Waals surface area contributed by atoms with Crippen LogP contribution in [0.25, 0.3) is 33.3 Å². The van der Waals surface area contributed by atoms with E-state index in [1.54, 1.807) is 77.9 Å². The number of hydrazine groups is 1. The first-order valence-corrected chi connectivity index (χ1v) is 39.8. The fourth-order valence-corrected chi connectivity index (χ4v) is 14.1. The fraction of sp³-hybridized carbons (Fsp3) is 0.296. The van der Waals surface area contributed by atoms with E-state index in [1.165, 1.54) is 90.1 Å². The van der Waals surface area contributed by atoms with Crippen LogP contribution in [0.1, 0.15) is 229 Å². The number of rotatable bonds is 21. The fourth-order valence-electron chi connectivity index (χ4n) is 8.66. The van der Waals surface area contributed by atoms with Gasteiger partial charge in [-0.3, -0.25) is 29.3 Å². The molecule has 0 saturated heterocycles. The van der Waals surface area contributed by atoms with Crippen LogP contribution in [-0.2, 0) is 60.4 Å². The summed E-state index contributed by atoms with van der Waals surface area (Å²) in [6, 6.07) is 35.6. The summed E-state index contributed by atoms with van der Waals surface area (Å²) in [5.74, 6) is -6.56. The zero-order chi connectivity index (χ0) is 107. The monoisotopic (exact) mass is 2050 g/mol. The molecule has 0 aliphatic carbocycles. The topological polar surface area (TPSA) is 429 Å². The van der Waals surface area contributed by atoms with Gasteiger partial charge in [-0.2, -0.15) is 10.2 Å². The summed E-state index contributed by atoms with van der Waals surface area (Å²) in [4.78, 5) is 128. The number of amides is 3. The molecule has 7 heterocycles. The van der Waals surface area contributed by atoms with Gasteiger partial charge in [-0.15, -0.1) is 68.0 Å². The molecule has 3 radical (unpaired) electrons. The van der Waals surface area contributed by atoms with Gasteiger partial charge in [0.05, 0.1) is 96.7 Å². The number of carbonyl (C=O) groups is 11. The number of carboxylic acids is 1. The van der Waals surface area contributed by atoms with Gasteiger partial charge in [0, 0.05) is 72.6 Å². The number of nitrogens with one attached hydrogen (secondary N) is 4. The van der Waals surface area contributed by atoms with E-state index in [-0.39, 0.29) is 136 Å². The molecule has 43 heteroatoms. The molecule has 0 fully saturated rings. The summed E-state index contributed by atoms with van der Waals surface area (Å²) >= 11 is 16.9. The molecule has 3 amide bonds. The quantitative estimate of drug-likeness (QED) is 0.00448.